The maximum atomic E-state index is 12.7. The van der Waals surface area contributed by atoms with Crippen LogP contribution < -0.4 is 10.6 Å². The maximum Gasteiger partial charge on any atom is 0.256 e. The molecular formula is C19H24N2OS. The minimum Gasteiger partial charge on any atom is -0.322 e. The molecule has 2 aromatic rings. The summed E-state index contributed by atoms with van der Waals surface area (Å²) in [6, 6.07) is 8.01. The van der Waals surface area contributed by atoms with E-state index in [1.807, 2.05) is 23.6 Å². The molecule has 0 spiro atoms. The molecule has 1 unspecified atom stereocenters. The molecule has 1 aliphatic rings. The van der Waals surface area contributed by atoms with E-state index in [0.29, 0.717) is 0 Å². The summed E-state index contributed by atoms with van der Waals surface area (Å²) in [5.74, 6) is 0.763. The highest BCUT2D eigenvalue weighted by Gasteiger charge is 2.23. The number of para-hydroxylation sites is 1. The molecule has 3 rings (SSSR count). The van der Waals surface area contributed by atoms with Crippen LogP contribution in [0.1, 0.15) is 46.6 Å². The Kier molecular flexibility index (Phi) is 5.13. The lowest BCUT2D eigenvalue weighted by Gasteiger charge is -2.19. The Morgan fingerprint density at radius 3 is 3.00 bits per heavy atom. The van der Waals surface area contributed by atoms with E-state index in [-0.39, 0.29) is 5.91 Å². The van der Waals surface area contributed by atoms with E-state index < -0.39 is 0 Å². The zero-order valence-corrected chi connectivity index (χ0v) is 14.6. The van der Waals surface area contributed by atoms with Gasteiger partial charge in [-0.25, -0.2) is 0 Å². The van der Waals surface area contributed by atoms with E-state index in [9.17, 15) is 4.79 Å². The van der Waals surface area contributed by atoms with Gasteiger partial charge in [0.05, 0.1) is 5.56 Å². The van der Waals surface area contributed by atoms with E-state index >= 15 is 0 Å². The Balaban J connectivity index is 1.78. The van der Waals surface area contributed by atoms with E-state index in [0.717, 1.165) is 48.7 Å². The van der Waals surface area contributed by atoms with Crippen molar-refractivity contribution in [1.82, 2.24) is 5.32 Å². The Hall–Kier alpha value is -1.65. The summed E-state index contributed by atoms with van der Waals surface area (Å²) in [7, 11) is 0. The number of hydrogen-bond acceptors (Lipinski definition) is 3. The van der Waals surface area contributed by atoms with Crippen LogP contribution >= 0.6 is 11.3 Å². The first-order valence-electron chi connectivity index (χ1n) is 8.38. The minimum atomic E-state index is 0.0287. The third-order valence-corrected chi connectivity index (χ3v) is 5.53. The summed E-state index contributed by atoms with van der Waals surface area (Å²) in [6.45, 7) is 6.06. The van der Waals surface area contributed by atoms with Crippen LogP contribution in [0.15, 0.2) is 29.6 Å². The SMILES string of the molecule is CCNCc1ccccc1NC(=O)c1csc2c1CCC(C)C2. The molecule has 1 aromatic carbocycles. The lowest BCUT2D eigenvalue weighted by atomic mass is 9.88. The molecule has 1 atom stereocenters. The van der Waals surface area contributed by atoms with Crippen molar-refractivity contribution in [2.75, 3.05) is 11.9 Å². The average molecular weight is 328 g/mol. The normalized spacial score (nSPS) is 16.9. The van der Waals surface area contributed by atoms with Crippen molar-refractivity contribution >= 4 is 22.9 Å². The van der Waals surface area contributed by atoms with Crippen LogP contribution in [-0.2, 0) is 19.4 Å². The largest absolute Gasteiger partial charge is 0.322 e. The smallest absolute Gasteiger partial charge is 0.256 e. The number of thiophene rings is 1. The van der Waals surface area contributed by atoms with Gasteiger partial charge in [-0.1, -0.05) is 32.0 Å². The monoisotopic (exact) mass is 328 g/mol. The lowest BCUT2D eigenvalue weighted by Crippen LogP contribution is -2.19. The van der Waals surface area contributed by atoms with Crippen LogP contribution in [0.5, 0.6) is 0 Å². The number of amides is 1. The lowest BCUT2D eigenvalue weighted by molar-refractivity contribution is 0.102. The van der Waals surface area contributed by atoms with Crippen LogP contribution in [-0.4, -0.2) is 12.5 Å². The number of benzene rings is 1. The summed E-state index contributed by atoms with van der Waals surface area (Å²) in [5, 5.41) is 8.46. The Bertz CT molecular complexity index is 692. The van der Waals surface area contributed by atoms with Gasteiger partial charge in [-0.15, -0.1) is 11.3 Å². The van der Waals surface area contributed by atoms with Gasteiger partial charge in [0.2, 0.25) is 0 Å². The van der Waals surface area contributed by atoms with Crippen LogP contribution in [0, 0.1) is 5.92 Å². The molecule has 0 fully saturated rings. The molecule has 122 valence electrons. The summed E-state index contributed by atoms with van der Waals surface area (Å²) >= 11 is 1.74. The van der Waals surface area contributed by atoms with Crippen molar-refractivity contribution < 1.29 is 4.79 Å². The second-order valence-corrected chi connectivity index (χ2v) is 7.25. The van der Waals surface area contributed by atoms with Gasteiger partial charge < -0.3 is 10.6 Å². The number of nitrogens with one attached hydrogen (secondary N) is 2. The first kappa shape index (κ1) is 16.2. The Morgan fingerprint density at radius 2 is 2.17 bits per heavy atom. The third-order valence-electron chi connectivity index (χ3n) is 4.48. The van der Waals surface area contributed by atoms with Gasteiger partial charge >= 0.3 is 0 Å². The standard InChI is InChI=1S/C19H24N2OS/c1-3-20-11-14-6-4-5-7-17(14)21-19(22)16-12-23-18-10-13(2)8-9-15(16)18/h4-7,12-13,20H,3,8-11H2,1-2H3,(H,21,22). The van der Waals surface area contributed by atoms with Gasteiger partial charge in [0, 0.05) is 22.5 Å². The van der Waals surface area contributed by atoms with Crippen LogP contribution in [0.25, 0.3) is 0 Å². The second kappa shape index (κ2) is 7.28. The highest BCUT2D eigenvalue weighted by atomic mass is 32.1. The number of carbonyl (C=O) groups is 1. The minimum absolute atomic E-state index is 0.0287. The fraction of sp³-hybridized carbons (Fsp3) is 0.421. The topological polar surface area (TPSA) is 41.1 Å². The molecule has 0 saturated carbocycles. The molecular weight excluding hydrogens is 304 g/mol. The fourth-order valence-corrected chi connectivity index (χ4v) is 4.36. The predicted molar refractivity (Wildman–Crippen MR) is 97.3 cm³/mol. The van der Waals surface area contributed by atoms with Gasteiger partial charge in [0.25, 0.3) is 5.91 Å². The highest BCUT2D eigenvalue weighted by molar-refractivity contribution is 7.10. The fourth-order valence-electron chi connectivity index (χ4n) is 3.11. The van der Waals surface area contributed by atoms with Crippen LogP contribution in [0.3, 0.4) is 0 Å². The molecule has 23 heavy (non-hydrogen) atoms. The van der Waals surface area contributed by atoms with Gasteiger partial charge in [-0.2, -0.15) is 0 Å². The molecule has 2 N–H and O–H groups in total. The van der Waals surface area contributed by atoms with Gasteiger partial charge in [-0.05, 0) is 48.9 Å². The first-order valence-corrected chi connectivity index (χ1v) is 9.26. The van der Waals surface area contributed by atoms with Crippen LogP contribution in [0.4, 0.5) is 5.69 Å². The highest BCUT2D eigenvalue weighted by Crippen LogP contribution is 2.33. The zero-order valence-electron chi connectivity index (χ0n) is 13.8. The van der Waals surface area contributed by atoms with Crippen molar-refractivity contribution in [3.8, 4) is 0 Å². The van der Waals surface area contributed by atoms with E-state index in [1.165, 1.54) is 16.9 Å². The maximum absolute atomic E-state index is 12.7. The molecule has 1 aliphatic carbocycles. The molecule has 0 radical (unpaired) electrons. The molecule has 4 heteroatoms. The third kappa shape index (κ3) is 3.65. The van der Waals surface area contributed by atoms with Crippen molar-refractivity contribution in [1.29, 1.82) is 0 Å². The van der Waals surface area contributed by atoms with Gasteiger partial charge in [0.15, 0.2) is 0 Å². The average Bonchev–Trinajstić information content (AvgIpc) is 2.97. The summed E-state index contributed by atoms with van der Waals surface area (Å²) < 4.78 is 0. The number of fused-ring (bicyclic) bond motifs is 1. The molecule has 0 saturated heterocycles. The summed E-state index contributed by atoms with van der Waals surface area (Å²) in [5.41, 5.74) is 4.17. The Morgan fingerprint density at radius 1 is 1.35 bits per heavy atom. The predicted octanol–water partition coefficient (Wildman–Crippen LogP) is 4.23. The molecule has 1 amide bonds. The molecule has 0 bridgehead atoms. The second-order valence-electron chi connectivity index (χ2n) is 6.29. The van der Waals surface area contributed by atoms with Gasteiger partial charge in [0.1, 0.15) is 0 Å². The molecule has 1 aromatic heterocycles. The van der Waals surface area contributed by atoms with E-state index in [4.69, 9.17) is 0 Å². The number of anilines is 1. The number of rotatable bonds is 5. The number of carbonyl (C=O) groups excluding carboxylic acids is 1. The van der Waals surface area contributed by atoms with E-state index in [2.05, 4.69) is 30.5 Å². The number of hydrogen-bond donors (Lipinski definition) is 2. The molecule has 0 aliphatic heterocycles. The quantitative estimate of drug-likeness (QED) is 0.862. The van der Waals surface area contributed by atoms with Crippen LogP contribution in [0.2, 0.25) is 0 Å². The van der Waals surface area contributed by atoms with Crippen molar-refractivity contribution in [2.45, 2.75) is 39.7 Å². The molecule has 3 nitrogen and oxygen atoms in total. The van der Waals surface area contributed by atoms with Gasteiger partial charge in [-0.3, -0.25) is 4.79 Å². The van der Waals surface area contributed by atoms with Crippen molar-refractivity contribution in [2.24, 2.45) is 5.92 Å². The summed E-state index contributed by atoms with van der Waals surface area (Å²) in [6.07, 6.45) is 3.33. The van der Waals surface area contributed by atoms with Crippen molar-refractivity contribution in [3.05, 3.63) is 51.2 Å². The van der Waals surface area contributed by atoms with Crippen molar-refractivity contribution in [3.63, 3.8) is 0 Å². The zero-order chi connectivity index (χ0) is 16.2. The molecule has 1 heterocycles. The Labute approximate surface area is 142 Å². The first-order chi connectivity index (χ1) is 11.2. The summed E-state index contributed by atoms with van der Waals surface area (Å²) in [4.78, 5) is 14.1. The van der Waals surface area contributed by atoms with E-state index in [1.54, 1.807) is 11.3 Å².